The molecule has 0 bridgehead atoms. The second kappa shape index (κ2) is 6.44. The summed E-state index contributed by atoms with van der Waals surface area (Å²) in [6.07, 6.45) is 1.01. The van der Waals surface area contributed by atoms with Gasteiger partial charge in [-0.15, -0.1) is 0 Å². The van der Waals surface area contributed by atoms with Gasteiger partial charge >= 0.3 is 0 Å². The van der Waals surface area contributed by atoms with Crippen molar-refractivity contribution in [2.45, 2.75) is 25.9 Å². The number of rotatable bonds is 3. The van der Waals surface area contributed by atoms with E-state index in [9.17, 15) is 0 Å². The van der Waals surface area contributed by atoms with Crippen LogP contribution in [0.2, 0.25) is 15.1 Å². The smallest absolute Gasteiger partial charge is 0.0652 e. The van der Waals surface area contributed by atoms with Crippen molar-refractivity contribution in [3.05, 3.63) is 32.8 Å². The van der Waals surface area contributed by atoms with E-state index in [1.807, 2.05) is 0 Å². The summed E-state index contributed by atoms with van der Waals surface area (Å²) in [6, 6.07) is 3.93. The van der Waals surface area contributed by atoms with Gasteiger partial charge in [0.2, 0.25) is 0 Å². The number of ether oxygens (including phenoxy) is 1. The van der Waals surface area contributed by atoms with E-state index in [1.165, 1.54) is 0 Å². The van der Waals surface area contributed by atoms with Crippen LogP contribution in [0, 0.1) is 5.92 Å². The average Bonchev–Trinajstić information content (AvgIpc) is 2.36. The first-order valence-electron chi connectivity index (χ1n) is 6.03. The van der Waals surface area contributed by atoms with E-state index < -0.39 is 0 Å². The summed E-state index contributed by atoms with van der Waals surface area (Å²) in [6.45, 7) is 4.42. The molecule has 1 aliphatic rings. The molecule has 1 aromatic carbocycles. The minimum absolute atomic E-state index is 0.435. The highest BCUT2D eigenvalue weighted by Gasteiger charge is 2.22. The SMILES string of the molecule is CC1COCCC1NCc1c(Cl)ccc(Cl)c1Cl. The lowest BCUT2D eigenvalue weighted by Crippen LogP contribution is -2.41. The molecule has 5 heteroatoms. The predicted octanol–water partition coefficient (Wildman–Crippen LogP) is 4.16. The van der Waals surface area contributed by atoms with Crippen molar-refractivity contribution in [2.75, 3.05) is 13.2 Å². The van der Waals surface area contributed by atoms with E-state index >= 15 is 0 Å². The van der Waals surface area contributed by atoms with E-state index in [4.69, 9.17) is 39.5 Å². The Morgan fingerprint density at radius 3 is 2.72 bits per heavy atom. The quantitative estimate of drug-likeness (QED) is 0.847. The summed E-state index contributed by atoms with van der Waals surface area (Å²) in [5.41, 5.74) is 0.865. The van der Waals surface area contributed by atoms with Crippen LogP contribution in [0.5, 0.6) is 0 Å². The van der Waals surface area contributed by atoms with Crippen LogP contribution in [-0.2, 0) is 11.3 Å². The molecule has 2 unspecified atom stereocenters. The molecule has 0 saturated carbocycles. The molecular formula is C13H16Cl3NO. The molecule has 0 spiro atoms. The van der Waals surface area contributed by atoms with Crippen molar-refractivity contribution in [1.82, 2.24) is 5.32 Å². The van der Waals surface area contributed by atoms with Crippen molar-refractivity contribution in [3.8, 4) is 0 Å². The summed E-state index contributed by atoms with van der Waals surface area (Å²) < 4.78 is 5.42. The molecule has 0 radical (unpaired) electrons. The second-order valence-corrected chi connectivity index (χ2v) is 5.84. The molecular weight excluding hydrogens is 293 g/mol. The van der Waals surface area contributed by atoms with E-state index in [2.05, 4.69) is 12.2 Å². The third-order valence-electron chi connectivity index (χ3n) is 3.32. The monoisotopic (exact) mass is 307 g/mol. The van der Waals surface area contributed by atoms with E-state index in [0.29, 0.717) is 33.6 Å². The number of halogens is 3. The lowest BCUT2D eigenvalue weighted by Gasteiger charge is -2.30. The fourth-order valence-corrected chi connectivity index (χ4v) is 2.83. The topological polar surface area (TPSA) is 21.3 Å². The number of hydrogen-bond donors (Lipinski definition) is 1. The maximum atomic E-state index is 6.17. The summed E-state index contributed by atoms with van der Waals surface area (Å²) in [7, 11) is 0. The van der Waals surface area contributed by atoms with Crippen molar-refractivity contribution in [1.29, 1.82) is 0 Å². The van der Waals surface area contributed by atoms with Gasteiger partial charge in [-0.3, -0.25) is 0 Å². The van der Waals surface area contributed by atoms with E-state index in [0.717, 1.165) is 25.2 Å². The summed E-state index contributed by atoms with van der Waals surface area (Å²) in [4.78, 5) is 0. The molecule has 0 aliphatic carbocycles. The minimum Gasteiger partial charge on any atom is -0.381 e. The van der Waals surface area contributed by atoms with Crippen LogP contribution in [0.3, 0.4) is 0 Å². The zero-order valence-corrected chi connectivity index (χ0v) is 12.4. The van der Waals surface area contributed by atoms with Gasteiger partial charge in [-0.1, -0.05) is 41.7 Å². The Bertz CT molecular complexity index is 425. The molecule has 1 aliphatic heterocycles. The highest BCUT2D eigenvalue weighted by molar-refractivity contribution is 6.44. The van der Waals surface area contributed by atoms with Crippen LogP contribution in [0.15, 0.2) is 12.1 Å². The van der Waals surface area contributed by atoms with Gasteiger partial charge in [-0.2, -0.15) is 0 Å². The molecule has 1 aromatic rings. The summed E-state index contributed by atoms with van der Waals surface area (Å²) in [5.74, 6) is 0.496. The molecule has 1 fully saturated rings. The predicted molar refractivity (Wildman–Crippen MR) is 76.7 cm³/mol. The molecule has 0 aromatic heterocycles. The van der Waals surface area contributed by atoms with Crippen molar-refractivity contribution in [3.63, 3.8) is 0 Å². The number of benzene rings is 1. The lowest BCUT2D eigenvalue weighted by molar-refractivity contribution is 0.0386. The molecule has 2 nitrogen and oxygen atoms in total. The van der Waals surface area contributed by atoms with Crippen molar-refractivity contribution >= 4 is 34.8 Å². The summed E-state index contributed by atoms with van der Waals surface area (Å²) >= 11 is 18.3. The highest BCUT2D eigenvalue weighted by atomic mass is 35.5. The van der Waals surface area contributed by atoms with Crippen LogP contribution < -0.4 is 5.32 Å². The molecule has 1 saturated heterocycles. The Kier molecular flexibility index (Phi) is 5.16. The zero-order valence-electron chi connectivity index (χ0n) is 10.2. The number of hydrogen-bond acceptors (Lipinski definition) is 2. The van der Waals surface area contributed by atoms with Gasteiger partial charge in [0.1, 0.15) is 0 Å². The fraction of sp³-hybridized carbons (Fsp3) is 0.538. The second-order valence-electron chi connectivity index (χ2n) is 4.65. The van der Waals surface area contributed by atoms with Crippen LogP contribution >= 0.6 is 34.8 Å². The lowest BCUT2D eigenvalue weighted by atomic mass is 9.97. The Balaban J connectivity index is 2.03. The van der Waals surface area contributed by atoms with Gasteiger partial charge in [0.05, 0.1) is 16.7 Å². The molecule has 18 heavy (non-hydrogen) atoms. The zero-order chi connectivity index (χ0) is 13.1. The summed E-state index contributed by atoms with van der Waals surface area (Å²) in [5, 5.41) is 5.22. The van der Waals surface area contributed by atoms with Crippen LogP contribution in [-0.4, -0.2) is 19.3 Å². The molecule has 1 N–H and O–H groups in total. The van der Waals surface area contributed by atoms with Gasteiger partial charge in [-0.05, 0) is 24.5 Å². The largest absolute Gasteiger partial charge is 0.381 e. The van der Waals surface area contributed by atoms with Crippen LogP contribution in [0.25, 0.3) is 0 Å². The Morgan fingerprint density at radius 1 is 1.28 bits per heavy atom. The van der Waals surface area contributed by atoms with Crippen LogP contribution in [0.4, 0.5) is 0 Å². The Morgan fingerprint density at radius 2 is 2.00 bits per heavy atom. The third-order valence-corrected chi connectivity index (χ3v) is 4.52. The van der Waals surface area contributed by atoms with Gasteiger partial charge in [0, 0.05) is 29.8 Å². The normalized spacial score (nSPS) is 24.2. The maximum absolute atomic E-state index is 6.17. The van der Waals surface area contributed by atoms with E-state index in [-0.39, 0.29) is 0 Å². The van der Waals surface area contributed by atoms with Gasteiger partial charge in [-0.25, -0.2) is 0 Å². The van der Waals surface area contributed by atoms with Crippen molar-refractivity contribution < 1.29 is 4.74 Å². The van der Waals surface area contributed by atoms with Crippen molar-refractivity contribution in [2.24, 2.45) is 5.92 Å². The van der Waals surface area contributed by atoms with E-state index in [1.54, 1.807) is 12.1 Å². The Hall–Kier alpha value is 0.01000. The first-order valence-corrected chi connectivity index (χ1v) is 7.16. The maximum Gasteiger partial charge on any atom is 0.0652 e. The first-order chi connectivity index (χ1) is 8.59. The molecule has 0 amide bonds. The van der Waals surface area contributed by atoms with Gasteiger partial charge < -0.3 is 10.1 Å². The molecule has 1 heterocycles. The fourth-order valence-electron chi connectivity index (χ4n) is 2.15. The molecule has 2 rings (SSSR count). The Labute approximate surface area is 123 Å². The molecule has 100 valence electrons. The van der Waals surface area contributed by atoms with Gasteiger partial charge in [0.15, 0.2) is 0 Å². The van der Waals surface area contributed by atoms with Gasteiger partial charge in [0.25, 0.3) is 0 Å². The highest BCUT2D eigenvalue weighted by Crippen LogP contribution is 2.31. The number of nitrogens with one attached hydrogen (secondary N) is 1. The molecule has 2 atom stereocenters. The van der Waals surface area contributed by atoms with Crippen LogP contribution in [0.1, 0.15) is 18.9 Å². The standard InChI is InChI=1S/C13H16Cl3NO/c1-8-7-18-5-4-12(8)17-6-9-10(14)2-3-11(15)13(9)16/h2-3,8,12,17H,4-7H2,1H3. The minimum atomic E-state index is 0.435. The first kappa shape index (κ1) is 14.4. The average molecular weight is 309 g/mol. The third kappa shape index (κ3) is 3.31.